The van der Waals surface area contributed by atoms with E-state index >= 15 is 0 Å². The van der Waals surface area contributed by atoms with Crippen molar-refractivity contribution in [3.05, 3.63) is 35.4 Å². The van der Waals surface area contributed by atoms with Gasteiger partial charge >= 0.3 is 0 Å². The average molecular weight is 277 g/mol. The molecule has 1 nitrogen and oxygen atoms in total. The molecule has 1 aromatic rings. The van der Waals surface area contributed by atoms with Gasteiger partial charge in [-0.1, -0.05) is 22.9 Å². The largest absolute Gasteiger partial charge is 0.298 e. The second-order valence-electron chi connectivity index (χ2n) is 3.23. The fraction of sp³-hybridized carbons (Fsp3) is 0.364. The van der Waals surface area contributed by atoms with Crippen molar-refractivity contribution in [1.29, 1.82) is 0 Å². The lowest BCUT2D eigenvalue weighted by atomic mass is 10.1. The van der Waals surface area contributed by atoms with E-state index in [1.165, 1.54) is 0 Å². The summed E-state index contributed by atoms with van der Waals surface area (Å²) in [6, 6.07) is 3.25. The lowest BCUT2D eigenvalue weighted by Gasteiger charge is -2.08. The Labute approximate surface area is 95.6 Å². The van der Waals surface area contributed by atoms with E-state index in [1.807, 2.05) is 0 Å². The minimum Gasteiger partial charge on any atom is -0.298 e. The number of Topliss-reactive ketones (excluding diaryl/α,β-unsaturated/α-hetero) is 1. The van der Waals surface area contributed by atoms with Crippen LogP contribution in [0, 0.1) is 11.6 Å². The summed E-state index contributed by atoms with van der Waals surface area (Å²) in [6.07, 6.45) is 0.559. The second-order valence-corrected chi connectivity index (χ2v) is 4.33. The van der Waals surface area contributed by atoms with Crippen LogP contribution in [0.4, 0.5) is 8.78 Å². The zero-order chi connectivity index (χ0) is 11.4. The first-order valence-electron chi connectivity index (χ1n) is 4.65. The molecule has 0 aliphatic rings. The molecule has 0 radical (unpaired) electrons. The first-order chi connectivity index (χ1) is 7.04. The molecule has 1 aromatic carbocycles. The van der Waals surface area contributed by atoms with Gasteiger partial charge in [-0.05, 0) is 30.2 Å². The smallest absolute Gasteiger partial charge is 0.146 e. The number of alkyl halides is 1. The molecular formula is C11H11BrF2O. The van der Waals surface area contributed by atoms with Crippen LogP contribution in [0.15, 0.2) is 18.2 Å². The molecule has 82 valence electrons. The molecule has 15 heavy (non-hydrogen) atoms. The molecule has 1 atom stereocenters. The number of carbonyl (C=O) groups excluding carboxylic acids is 1. The Hall–Kier alpha value is -0.770. The Kier molecular flexibility index (Phi) is 4.39. The Bertz CT molecular complexity index is 366. The molecule has 0 heterocycles. The molecule has 1 unspecified atom stereocenters. The monoisotopic (exact) mass is 276 g/mol. The van der Waals surface area contributed by atoms with E-state index in [0.717, 1.165) is 18.2 Å². The number of benzene rings is 1. The molecule has 0 N–H and O–H groups in total. The first-order valence-corrected chi connectivity index (χ1v) is 5.57. The summed E-state index contributed by atoms with van der Waals surface area (Å²) in [5, 5.41) is 0. The van der Waals surface area contributed by atoms with Crippen molar-refractivity contribution in [3.8, 4) is 0 Å². The van der Waals surface area contributed by atoms with Crippen molar-refractivity contribution in [1.82, 2.24) is 0 Å². The van der Waals surface area contributed by atoms with Crippen LogP contribution in [0.1, 0.15) is 18.9 Å². The fourth-order valence-electron chi connectivity index (χ4n) is 1.23. The quantitative estimate of drug-likeness (QED) is 0.772. The summed E-state index contributed by atoms with van der Waals surface area (Å²) >= 11 is 3.16. The Morgan fingerprint density at radius 1 is 1.47 bits per heavy atom. The van der Waals surface area contributed by atoms with Gasteiger partial charge in [0.2, 0.25) is 0 Å². The number of carbonyl (C=O) groups is 1. The van der Waals surface area contributed by atoms with E-state index in [2.05, 4.69) is 15.9 Å². The highest BCUT2D eigenvalue weighted by molar-refractivity contribution is 9.10. The van der Waals surface area contributed by atoms with Gasteiger partial charge in [-0.2, -0.15) is 0 Å². The van der Waals surface area contributed by atoms with Gasteiger partial charge in [-0.3, -0.25) is 4.79 Å². The van der Waals surface area contributed by atoms with Gasteiger partial charge in [0.05, 0.1) is 4.83 Å². The number of rotatable bonds is 4. The van der Waals surface area contributed by atoms with E-state index < -0.39 is 16.5 Å². The molecule has 4 heteroatoms. The summed E-state index contributed by atoms with van der Waals surface area (Å²) in [7, 11) is 0. The van der Waals surface area contributed by atoms with Gasteiger partial charge in [0.25, 0.3) is 0 Å². The van der Waals surface area contributed by atoms with Gasteiger partial charge in [-0.15, -0.1) is 0 Å². The Morgan fingerprint density at radius 2 is 2.13 bits per heavy atom. The van der Waals surface area contributed by atoms with E-state index in [0.29, 0.717) is 6.42 Å². The first kappa shape index (κ1) is 12.3. The molecule has 0 bridgehead atoms. The molecule has 0 aliphatic heterocycles. The van der Waals surface area contributed by atoms with E-state index in [-0.39, 0.29) is 17.8 Å². The highest BCUT2D eigenvalue weighted by Gasteiger charge is 2.15. The van der Waals surface area contributed by atoms with Crippen molar-refractivity contribution in [2.45, 2.75) is 24.6 Å². The van der Waals surface area contributed by atoms with Gasteiger partial charge in [0, 0.05) is 6.42 Å². The van der Waals surface area contributed by atoms with Crippen LogP contribution in [0.2, 0.25) is 0 Å². The van der Waals surface area contributed by atoms with Crippen molar-refractivity contribution in [2.75, 3.05) is 0 Å². The number of hydrogen-bond acceptors (Lipinski definition) is 1. The minimum atomic E-state index is -0.491. The van der Waals surface area contributed by atoms with Gasteiger partial charge in [0.15, 0.2) is 0 Å². The highest BCUT2D eigenvalue weighted by atomic mass is 79.9. The summed E-state index contributed by atoms with van der Waals surface area (Å²) in [5.74, 6) is -0.988. The molecule has 0 spiro atoms. The van der Waals surface area contributed by atoms with Gasteiger partial charge in [0.1, 0.15) is 17.4 Å². The third-order valence-electron chi connectivity index (χ3n) is 2.10. The predicted octanol–water partition coefficient (Wildman–Crippen LogP) is 3.25. The molecule has 0 fully saturated rings. The molecule has 0 saturated heterocycles. The van der Waals surface area contributed by atoms with Crippen LogP contribution in [0.3, 0.4) is 0 Å². The summed E-state index contributed by atoms with van der Waals surface area (Å²) < 4.78 is 26.0. The maximum atomic E-state index is 13.2. The number of halogens is 3. The van der Waals surface area contributed by atoms with Crippen molar-refractivity contribution < 1.29 is 13.6 Å². The predicted molar refractivity (Wildman–Crippen MR) is 58.1 cm³/mol. The summed E-state index contributed by atoms with van der Waals surface area (Å²) in [6.45, 7) is 1.73. The Morgan fingerprint density at radius 3 is 2.73 bits per heavy atom. The van der Waals surface area contributed by atoms with Crippen LogP contribution >= 0.6 is 15.9 Å². The summed E-state index contributed by atoms with van der Waals surface area (Å²) in [5.41, 5.74) is 0.221. The standard InChI is InChI=1S/C11H11BrF2O/c1-2-11(15)9(12)6-7-5-8(13)3-4-10(7)14/h3-5,9H,2,6H2,1H3. The third-order valence-corrected chi connectivity index (χ3v) is 2.94. The van der Waals surface area contributed by atoms with Crippen LogP contribution in [-0.2, 0) is 11.2 Å². The van der Waals surface area contributed by atoms with Gasteiger partial charge in [-0.25, -0.2) is 8.78 Å². The lowest BCUT2D eigenvalue weighted by molar-refractivity contribution is -0.118. The van der Waals surface area contributed by atoms with Crippen LogP contribution in [0.5, 0.6) is 0 Å². The third kappa shape index (κ3) is 3.38. The maximum Gasteiger partial charge on any atom is 0.146 e. The maximum absolute atomic E-state index is 13.2. The molecule has 1 rings (SSSR count). The van der Waals surface area contributed by atoms with E-state index in [9.17, 15) is 13.6 Å². The topological polar surface area (TPSA) is 17.1 Å². The van der Waals surface area contributed by atoms with E-state index in [4.69, 9.17) is 0 Å². The molecule has 0 aliphatic carbocycles. The zero-order valence-electron chi connectivity index (χ0n) is 8.27. The lowest BCUT2D eigenvalue weighted by Crippen LogP contribution is -2.16. The average Bonchev–Trinajstić information content (AvgIpc) is 2.22. The Balaban J connectivity index is 2.80. The van der Waals surface area contributed by atoms with Gasteiger partial charge < -0.3 is 0 Å². The van der Waals surface area contributed by atoms with Crippen molar-refractivity contribution in [2.24, 2.45) is 0 Å². The normalized spacial score (nSPS) is 12.5. The molecule has 0 saturated carbocycles. The minimum absolute atomic E-state index is 0.0151. The van der Waals surface area contributed by atoms with Crippen LogP contribution < -0.4 is 0 Å². The molecule has 0 aromatic heterocycles. The SMILES string of the molecule is CCC(=O)C(Br)Cc1cc(F)ccc1F. The van der Waals surface area contributed by atoms with Crippen molar-refractivity contribution >= 4 is 21.7 Å². The molecule has 0 amide bonds. The molecular weight excluding hydrogens is 266 g/mol. The highest BCUT2D eigenvalue weighted by Crippen LogP contribution is 2.16. The fourth-order valence-corrected chi connectivity index (χ4v) is 1.90. The van der Waals surface area contributed by atoms with Crippen molar-refractivity contribution in [3.63, 3.8) is 0 Å². The number of ketones is 1. The van der Waals surface area contributed by atoms with Crippen LogP contribution in [-0.4, -0.2) is 10.6 Å². The van der Waals surface area contributed by atoms with Crippen LogP contribution in [0.25, 0.3) is 0 Å². The summed E-state index contributed by atoms with van der Waals surface area (Å²) in [4.78, 5) is 10.8. The second kappa shape index (κ2) is 5.35. The number of hydrogen-bond donors (Lipinski definition) is 0. The zero-order valence-corrected chi connectivity index (χ0v) is 9.85. The van der Waals surface area contributed by atoms with E-state index in [1.54, 1.807) is 6.92 Å².